The standard InChI is InChI=1S/C82H105FN16O17/c1-49-74(105)88-62(22-19-59(101)28-34-114-36-37-115-35-33-99(4,5)6)75(106)89-63-40-53-10-8-11-54(38-53)43-85-71(104)48-116-68-27-32-97-73(68)78(109)92-72(50(2)100)77(108)91-64(39-52-14-20-60(113-7)21-15-52)80(111)98-31-9-29-82(98,3)81(112)84-30-26-51-12-16-55(17-13-51)66(87-70(103)25-24-69(102)86-49)47-96-46-58(93-94-96)45-95-44-56(41-65(79(97)110)90-76(63)107)61-42-57(83)18-23-67(61)95/h8,10-18,20-21,23,38,42,44,46,49-50,62-66,68,72-73,100H,9,19,22,24-37,39-41,43,45,47-48H2,1-7H3,(H8-,84,85,86,87,88,89,90,91,92,102,103,104,105,106,107,108,109,112)/p+1/t49-,50+,62+,63-,64-,65-,66+,68-,72-,73-,82-/m0/s1. The molecular formula is C82H106FN16O17+. The van der Waals surface area contributed by atoms with E-state index in [1.807, 2.05) is 33.3 Å². The molecular weight excluding hydrogens is 1500 g/mol. The topological polar surface area (TPSA) is 412 Å². The molecule has 6 aliphatic heterocycles. The number of amides is 11. The Morgan fingerprint density at radius 2 is 1.42 bits per heavy atom. The number of fused-ring (bicyclic) bond motifs is 16. The molecule has 10 N–H and O–H groups in total. The molecule has 622 valence electrons. The van der Waals surface area contributed by atoms with Crippen molar-refractivity contribution in [3.63, 3.8) is 0 Å². The number of carbonyl (C=O) groups excluding carboxylic acids is 12. The van der Waals surface area contributed by atoms with Crippen molar-refractivity contribution in [1.82, 2.24) is 77.2 Å². The number of hydrogen-bond donors (Lipinski definition) is 10. The number of nitrogens with one attached hydrogen (secondary N) is 9. The van der Waals surface area contributed by atoms with Gasteiger partial charge in [0.1, 0.15) is 84.0 Å². The molecule has 11 atom stereocenters. The number of ketones is 1. The van der Waals surface area contributed by atoms with Gasteiger partial charge in [-0.3, -0.25) is 57.5 Å². The molecule has 4 aromatic carbocycles. The minimum absolute atomic E-state index is 0.00592. The second kappa shape index (κ2) is 39.0. The zero-order valence-corrected chi connectivity index (χ0v) is 66.5. The van der Waals surface area contributed by atoms with Crippen LogP contribution < -0.4 is 52.6 Å². The van der Waals surface area contributed by atoms with Gasteiger partial charge in [0.15, 0.2) is 0 Å². The maximum absolute atomic E-state index is 16.3. The predicted octanol–water partition coefficient (Wildman–Crippen LogP) is 0.566. The molecule has 8 heterocycles. The molecule has 33 nitrogen and oxygen atoms in total. The van der Waals surface area contributed by atoms with Gasteiger partial charge < -0.3 is 90.8 Å². The Hall–Kier alpha value is -11.1. The zero-order valence-electron chi connectivity index (χ0n) is 66.5. The van der Waals surface area contributed by atoms with Crippen molar-refractivity contribution >= 4 is 81.7 Å². The highest BCUT2D eigenvalue weighted by molar-refractivity contribution is 6.00. The van der Waals surface area contributed by atoms with Crippen LogP contribution in [0.1, 0.15) is 117 Å². The van der Waals surface area contributed by atoms with Crippen LogP contribution in [0.3, 0.4) is 0 Å². The van der Waals surface area contributed by atoms with Crippen LogP contribution in [-0.4, -0.2) is 257 Å². The van der Waals surface area contributed by atoms with E-state index in [-0.39, 0.29) is 127 Å². The first-order valence-corrected chi connectivity index (χ1v) is 39.5. The third-order valence-electron chi connectivity index (χ3n) is 21.7. The summed E-state index contributed by atoms with van der Waals surface area (Å²) in [5.41, 5.74) is 2.53. The number of aliphatic hydroxyl groups is 1. The Kier molecular flexibility index (Phi) is 28.9. The Balaban J connectivity index is 1.02. The van der Waals surface area contributed by atoms with Gasteiger partial charge in [-0.25, -0.2) is 9.07 Å². The molecule has 12 rings (SSSR count). The fourth-order valence-electron chi connectivity index (χ4n) is 15.1. The molecule has 6 aliphatic rings. The van der Waals surface area contributed by atoms with Gasteiger partial charge in [-0.1, -0.05) is 65.9 Å². The number of carbonyl (C=O) groups is 12. The molecule has 6 aromatic rings. The van der Waals surface area contributed by atoms with E-state index in [9.17, 15) is 33.9 Å². The highest BCUT2D eigenvalue weighted by Gasteiger charge is 2.50. The van der Waals surface area contributed by atoms with Crippen molar-refractivity contribution in [2.45, 2.75) is 184 Å². The van der Waals surface area contributed by atoms with E-state index in [0.29, 0.717) is 63.1 Å². The predicted molar refractivity (Wildman–Crippen MR) is 418 cm³/mol. The molecule has 0 spiro atoms. The Labute approximate surface area is 671 Å². The summed E-state index contributed by atoms with van der Waals surface area (Å²) in [5.74, 6) is -9.54. The van der Waals surface area contributed by atoms with E-state index in [0.717, 1.165) is 17.0 Å². The number of benzene rings is 4. The minimum Gasteiger partial charge on any atom is -0.497 e. The molecule has 0 aliphatic carbocycles. The molecule has 14 bridgehead atoms. The summed E-state index contributed by atoms with van der Waals surface area (Å²) in [4.78, 5) is 181. The fourth-order valence-corrected chi connectivity index (χ4v) is 15.1. The van der Waals surface area contributed by atoms with E-state index in [4.69, 9.17) is 18.9 Å². The highest BCUT2D eigenvalue weighted by Crippen LogP contribution is 2.33. The van der Waals surface area contributed by atoms with Gasteiger partial charge in [0, 0.05) is 88.2 Å². The van der Waals surface area contributed by atoms with Crippen molar-refractivity contribution in [1.29, 1.82) is 0 Å². The van der Waals surface area contributed by atoms with Crippen LogP contribution >= 0.6 is 0 Å². The summed E-state index contributed by atoms with van der Waals surface area (Å²) in [6.07, 6.45) is -1.37. The number of halogens is 1. The second-order valence-electron chi connectivity index (χ2n) is 31.6. The second-order valence-corrected chi connectivity index (χ2v) is 31.6. The Morgan fingerprint density at radius 3 is 2.16 bits per heavy atom. The number of aliphatic hydroxyl groups excluding tert-OH is 1. The van der Waals surface area contributed by atoms with E-state index in [1.165, 1.54) is 48.7 Å². The number of methoxy groups -OCH3 is 1. The average Bonchev–Trinajstić information content (AvgIpc) is 1.62. The molecule has 2 fully saturated rings. The quantitative estimate of drug-likeness (QED) is 0.0468. The third kappa shape index (κ3) is 22.7. The molecule has 34 heteroatoms. The molecule has 2 saturated heterocycles. The molecule has 116 heavy (non-hydrogen) atoms. The highest BCUT2D eigenvalue weighted by atomic mass is 19.1. The first-order valence-electron chi connectivity index (χ1n) is 39.5. The van der Waals surface area contributed by atoms with Crippen LogP contribution in [-0.2, 0) is 117 Å². The van der Waals surface area contributed by atoms with Crippen LogP contribution in [0.2, 0.25) is 0 Å². The summed E-state index contributed by atoms with van der Waals surface area (Å²) >= 11 is 0. The number of Topliss-reactive ketones (excluding diaryl/α,β-unsaturated/α-hetero) is 1. The average molecular weight is 1610 g/mol. The van der Waals surface area contributed by atoms with Crippen molar-refractivity contribution in [2.75, 3.05) is 87.5 Å². The summed E-state index contributed by atoms with van der Waals surface area (Å²) in [6.45, 7) is 5.09. The first-order chi connectivity index (χ1) is 55.5. The number of likely N-dealkylation sites (N-methyl/N-ethyl adjacent to an activating group) is 1. The van der Waals surface area contributed by atoms with Gasteiger partial charge in [0.05, 0.1) is 92.2 Å². The summed E-state index contributed by atoms with van der Waals surface area (Å²) in [7, 11) is 7.59. The summed E-state index contributed by atoms with van der Waals surface area (Å²) < 4.78 is 43.0. The molecule has 11 amide bonds. The Bertz CT molecular complexity index is 4570. The van der Waals surface area contributed by atoms with Crippen molar-refractivity contribution in [3.8, 4) is 5.75 Å². The number of aromatic nitrogens is 4. The molecule has 0 unspecified atom stereocenters. The molecule has 2 aromatic heterocycles. The summed E-state index contributed by atoms with van der Waals surface area (Å²) in [6, 6.07) is 12.4. The monoisotopic (exact) mass is 1610 g/mol. The van der Waals surface area contributed by atoms with E-state index in [2.05, 4.69) is 58.2 Å². The number of quaternary nitrogens is 1. The maximum atomic E-state index is 16.3. The van der Waals surface area contributed by atoms with Crippen LogP contribution in [0, 0.1) is 5.82 Å². The van der Waals surface area contributed by atoms with E-state index in [1.54, 1.807) is 84.5 Å². The van der Waals surface area contributed by atoms with Gasteiger partial charge in [-0.2, -0.15) is 0 Å². The normalized spacial score (nSPS) is 24.6. The largest absolute Gasteiger partial charge is 0.497 e. The maximum Gasteiger partial charge on any atom is 0.246 e. The number of ether oxygens (including phenoxy) is 4. The third-order valence-corrected chi connectivity index (χ3v) is 21.7. The van der Waals surface area contributed by atoms with E-state index >= 15 is 33.2 Å². The van der Waals surface area contributed by atoms with Gasteiger partial charge in [-0.15, -0.1) is 5.10 Å². The van der Waals surface area contributed by atoms with Crippen LogP contribution in [0.4, 0.5) is 4.39 Å². The number of nitrogens with zero attached hydrogens (tertiary/aromatic N) is 7. The van der Waals surface area contributed by atoms with Gasteiger partial charge in [0.2, 0.25) is 65.0 Å². The first kappa shape index (κ1) is 85.8. The molecule has 0 radical (unpaired) electrons. The molecule has 0 saturated carbocycles. The smallest absolute Gasteiger partial charge is 0.246 e. The summed E-state index contributed by atoms with van der Waals surface area (Å²) in [5, 5.41) is 46.2. The van der Waals surface area contributed by atoms with Crippen LogP contribution in [0.5, 0.6) is 5.75 Å². The van der Waals surface area contributed by atoms with E-state index < -0.39 is 156 Å². The lowest BCUT2D eigenvalue weighted by Gasteiger charge is -2.37. The lowest BCUT2D eigenvalue weighted by molar-refractivity contribution is -0.870. The van der Waals surface area contributed by atoms with Crippen LogP contribution in [0.15, 0.2) is 103 Å². The number of rotatable bonds is 16. The minimum atomic E-state index is -1.88. The van der Waals surface area contributed by atoms with Crippen molar-refractivity contribution < 1.29 is 90.5 Å². The Morgan fingerprint density at radius 1 is 0.698 bits per heavy atom. The van der Waals surface area contributed by atoms with Gasteiger partial charge in [0.25, 0.3) is 0 Å². The zero-order chi connectivity index (χ0) is 83.0. The van der Waals surface area contributed by atoms with Crippen LogP contribution in [0.25, 0.3) is 10.9 Å². The SMILES string of the molecule is COc1ccc(C[C@@H]2NC(=O)[C@H]([C@@H](C)O)NC(=O)[C@@H]3[C@@H]4CCN3C(=O)[C@@H]3Cc5cn(c6ccc(F)cc56)Cc5cn(nn5)C[C@@H](NC(=O)CCC(=O)N[C@@H](C)C(=O)N[C@H](CCC(=O)CCOCCOCC[N+](C)(C)C)C(=O)N[C@@H](Cc5cccc(c5)CNC(=O)CO4)C(=O)N3)c3ccc(cc3)CCNC(=O)[C@]3(C)CCCN3C2=O)cc1. The number of hydrogen-bond acceptors (Lipinski definition) is 19. The lowest BCUT2D eigenvalue weighted by Crippen LogP contribution is -2.64. The van der Waals surface area contributed by atoms with Crippen molar-refractivity contribution in [3.05, 3.63) is 148 Å². The fraction of sp³-hybridized carbons (Fsp3) is 0.512. The van der Waals surface area contributed by atoms with Gasteiger partial charge >= 0.3 is 0 Å². The lowest BCUT2D eigenvalue weighted by atomic mass is 9.95. The van der Waals surface area contributed by atoms with Gasteiger partial charge in [-0.05, 0) is 117 Å². The van der Waals surface area contributed by atoms with Crippen molar-refractivity contribution in [2.24, 2.45) is 0 Å².